The van der Waals surface area contributed by atoms with E-state index in [0.29, 0.717) is 16.6 Å². The minimum absolute atomic E-state index is 0.0612. The minimum Gasteiger partial charge on any atom is -0.493 e. The molecule has 0 aliphatic carbocycles. The molecule has 10 heteroatoms. The highest BCUT2D eigenvalue weighted by Gasteiger charge is 2.27. The molecular formula is C25H23BrN4O4S. The maximum atomic E-state index is 13.6. The molecule has 4 rings (SSSR count). The average Bonchev–Trinajstić information content (AvgIpc) is 3.09. The van der Waals surface area contributed by atoms with Gasteiger partial charge in [-0.1, -0.05) is 39.7 Å². The van der Waals surface area contributed by atoms with Crippen molar-refractivity contribution in [2.75, 3.05) is 10.8 Å². The third-order valence-electron chi connectivity index (χ3n) is 5.36. The summed E-state index contributed by atoms with van der Waals surface area (Å²) >= 11 is 3.37. The average molecular weight is 555 g/mol. The summed E-state index contributed by atoms with van der Waals surface area (Å²) in [4.78, 5) is 15.7. The maximum absolute atomic E-state index is 13.6. The van der Waals surface area contributed by atoms with Crippen LogP contribution in [0.3, 0.4) is 0 Å². The summed E-state index contributed by atoms with van der Waals surface area (Å²) in [6, 6.07) is 17.0. The van der Waals surface area contributed by atoms with Crippen molar-refractivity contribution in [1.82, 2.24) is 4.98 Å². The Bertz CT molecular complexity index is 1540. The molecular weight excluding hydrogens is 532 g/mol. The Balaban J connectivity index is 1.71. The quantitative estimate of drug-likeness (QED) is 0.281. The van der Waals surface area contributed by atoms with Crippen molar-refractivity contribution in [3.05, 3.63) is 81.8 Å². The molecule has 0 unspecified atom stereocenters. The van der Waals surface area contributed by atoms with Gasteiger partial charge in [0.15, 0.2) is 5.69 Å². The number of fused-ring (bicyclic) bond motifs is 1. The van der Waals surface area contributed by atoms with Gasteiger partial charge in [-0.3, -0.25) is 9.10 Å². The molecule has 0 saturated heterocycles. The maximum Gasteiger partial charge on any atom is 0.285 e. The van der Waals surface area contributed by atoms with Crippen LogP contribution in [-0.4, -0.2) is 31.0 Å². The second kappa shape index (κ2) is 9.63. The van der Waals surface area contributed by atoms with Crippen molar-refractivity contribution < 1.29 is 18.3 Å². The highest BCUT2D eigenvalue weighted by atomic mass is 79.9. The first-order valence-electron chi connectivity index (χ1n) is 10.7. The Morgan fingerprint density at radius 1 is 0.971 bits per heavy atom. The van der Waals surface area contributed by atoms with Gasteiger partial charge < -0.3 is 10.1 Å². The summed E-state index contributed by atoms with van der Waals surface area (Å²) < 4.78 is 28.9. The van der Waals surface area contributed by atoms with Crippen LogP contribution in [0, 0.1) is 20.8 Å². The molecule has 0 radical (unpaired) electrons. The Hall–Kier alpha value is -3.50. The number of anilines is 1. The molecule has 4 aromatic rings. The number of H-pyrrole nitrogens is 1. The smallest absolute Gasteiger partial charge is 0.285 e. The van der Waals surface area contributed by atoms with Crippen LogP contribution >= 0.6 is 15.9 Å². The number of halogens is 1. The van der Waals surface area contributed by atoms with E-state index < -0.39 is 22.5 Å². The van der Waals surface area contributed by atoms with Gasteiger partial charge in [0, 0.05) is 9.86 Å². The van der Waals surface area contributed by atoms with Crippen molar-refractivity contribution in [1.29, 1.82) is 0 Å². The van der Waals surface area contributed by atoms with E-state index in [1.807, 2.05) is 26.8 Å². The van der Waals surface area contributed by atoms with Gasteiger partial charge in [0.2, 0.25) is 5.88 Å². The Morgan fingerprint density at radius 2 is 1.63 bits per heavy atom. The number of aromatic hydroxyl groups is 1. The zero-order chi connectivity index (χ0) is 25.3. The van der Waals surface area contributed by atoms with Crippen LogP contribution < -0.4 is 4.31 Å². The van der Waals surface area contributed by atoms with Crippen LogP contribution in [0.4, 0.5) is 11.4 Å². The summed E-state index contributed by atoms with van der Waals surface area (Å²) in [6.07, 6.45) is 0. The van der Waals surface area contributed by atoms with Gasteiger partial charge >= 0.3 is 0 Å². The third-order valence-corrected chi connectivity index (χ3v) is 7.64. The molecule has 3 aromatic carbocycles. The van der Waals surface area contributed by atoms with Gasteiger partial charge in [-0.25, -0.2) is 8.42 Å². The van der Waals surface area contributed by atoms with E-state index in [2.05, 4.69) is 31.1 Å². The van der Waals surface area contributed by atoms with Crippen molar-refractivity contribution in [2.24, 2.45) is 10.2 Å². The molecule has 0 spiro atoms. The molecule has 0 aliphatic heterocycles. The molecule has 180 valence electrons. The number of rotatable bonds is 6. The number of carbonyl (C=O) groups is 1. The normalized spacial score (nSPS) is 11.9. The highest BCUT2D eigenvalue weighted by Crippen LogP contribution is 2.37. The number of azo groups is 1. The molecule has 35 heavy (non-hydrogen) atoms. The number of hydrogen-bond donors (Lipinski definition) is 2. The number of benzene rings is 3. The van der Waals surface area contributed by atoms with Crippen LogP contribution in [-0.2, 0) is 14.8 Å². The van der Waals surface area contributed by atoms with E-state index in [0.717, 1.165) is 25.5 Å². The number of nitrogens with one attached hydrogen (secondary N) is 1. The number of nitrogens with zero attached hydrogens (tertiary/aromatic N) is 3. The van der Waals surface area contributed by atoms with Crippen LogP contribution in [0.5, 0.6) is 5.88 Å². The zero-order valence-electron chi connectivity index (χ0n) is 19.3. The number of sulfonamides is 1. The van der Waals surface area contributed by atoms with Gasteiger partial charge in [-0.15, -0.1) is 10.2 Å². The fourth-order valence-corrected chi connectivity index (χ4v) is 5.50. The molecule has 0 saturated carbocycles. The molecule has 2 N–H and O–H groups in total. The van der Waals surface area contributed by atoms with E-state index in [-0.39, 0.29) is 16.5 Å². The lowest BCUT2D eigenvalue weighted by atomic mass is 10.1. The van der Waals surface area contributed by atoms with E-state index >= 15 is 0 Å². The van der Waals surface area contributed by atoms with Crippen LogP contribution in [0.15, 0.2) is 80.3 Å². The largest absolute Gasteiger partial charge is 0.493 e. The highest BCUT2D eigenvalue weighted by molar-refractivity contribution is 9.10. The minimum atomic E-state index is -4.07. The van der Waals surface area contributed by atoms with Crippen molar-refractivity contribution in [2.45, 2.75) is 25.7 Å². The summed E-state index contributed by atoms with van der Waals surface area (Å²) in [5.74, 6) is -1.03. The van der Waals surface area contributed by atoms with Crippen LogP contribution in [0.1, 0.15) is 16.7 Å². The summed E-state index contributed by atoms with van der Waals surface area (Å²) in [5.41, 5.74) is 3.68. The van der Waals surface area contributed by atoms with Gasteiger partial charge in [0.25, 0.3) is 15.9 Å². The second-order valence-corrected chi connectivity index (χ2v) is 11.1. The first-order chi connectivity index (χ1) is 16.5. The molecule has 0 bridgehead atoms. The lowest BCUT2D eigenvalue weighted by Gasteiger charge is -2.24. The lowest BCUT2D eigenvalue weighted by Crippen LogP contribution is -2.35. The standard InChI is InChI=1S/C25H23BrN4O4S/c1-15-4-7-20(8-5-15)35(33,34)30(19-11-16(2)10-17(3)12-19)14-23(31)28-29-24-21-13-18(26)6-9-22(21)27-25(24)32/h4-13,27,32H,14H2,1-3H3. The molecule has 0 fully saturated rings. The summed E-state index contributed by atoms with van der Waals surface area (Å²) in [6.45, 7) is 5.01. The molecule has 1 aromatic heterocycles. The van der Waals surface area contributed by atoms with Crippen LogP contribution in [0.2, 0.25) is 0 Å². The third kappa shape index (κ3) is 5.28. The fraction of sp³-hybridized carbons (Fsp3) is 0.160. The SMILES string of the molecule is Cc1ccc(S(=O)(=O)N(CC(=O)N=Nc2c(O)[nH]c3ccc(Br)cc23)c2cc(C)cc(C)c2)cc1. The Morgan fingerprint density at radius 3 is 2.29 bits per heavy atom. The van der Waals surface area contributed by atoms with Gasteiger partial charge in [0.05, 0.1) is 16.1 Å². The summed E-state index contributed by atoms with van der Waals surface area (Å²) in [7, 11) is -4.07. The topological polar surface area (TPSA) is 115 Å². The zero-order valence-corrected chi connectivity index (χ0v) is 21.7. The molecule has 1 amide bonds. The fourth-order valence-electron chi connectivity index (χ4n) is 3.74. The molecule has 0 atom stereocenters. The van der Waals surface area contributed by atoms with E-state index in [9.17, 15) is 18.3 Å². The predicted octanol–water partition coefficient (Wildman–Crippen LogP) is 6.07. The number of aromatic amines is 1. The van der Waals surface area contributed by atoms with Gasteiger partial charge in [-0.2, -0.15) is 0 Å². The molecule has 0 aliphatic rings. The number of hydrogen-bond acceptors (Lipinski definition) is 5. The molecule has 1 heterocycles. The van der Waals surface area contributed by atoms with Gasteiger partial charge in [0.1, 0.15) is 6.54 Å². The Labute approximate surface area is 211 Å². The van der Waals surface area contributed by atoms with E-state index in [1.54, 1.807) is 42.5 Å². The number of aryl methyl sites for hydroxylation is 3. The van der Waals surface area contributed by atoms with Crippen LogP contribution in [0.25, 0.3) is 10.9 Å². The first-order valence-corrected chi connectivity index (χ1v) is 12.9. The monoisotopic (exact) mass is 554 g/mol. The lowest BCUT2D eigenvalue weighted by molar-refractivity contribution is -0.116. The number of amides is 1. The first kappa shape index (κ1) is 24.6. The Kier molecular flexibility index (Phi) is 6.77. The van der Waals surface area contributed by atoms with E-state index in [1.165, 1.54) is 12.1 Å². The predicted molar refractivity (Wildman–Crippen MR) is 139 cm³/mol. The summed E-state index contributed by atoms with van der Waals surface area (Å²) in [5, 5.41) is 18.4. The van der Waals surface area contributed by atoms with Gasteiger partial charge in [-0.05, 0) is 74.4 Å². The molecule has 8 nitrogen and oxygen atoms in total. The number of carbonyl (C=O) groups excluding carboxylic acids is 1. The van der Waals surface area contributed by atoms with Crippen molar-refractivity contribution in [3.63, 3.8) is 0 Å². The number of aromatic nitrogens is 1. The van der Waals surface area contributed by atoms with Crippen molar-refractivity contribution in [3.8, 4) is 5.88 Å². The van der Waals surface area contributed by atoms with E-state index in [4.69, 9.17) is 0 Å². The van der Waals surface area contributed by atoms with Crippen molar-refractivity contribution >= 4 is 54.1 Å². The second-order valence-electron chi connectivity index (χ2n) is 8.28.